The summed E-state index contributed by atoms with van der Waals surface area (Å²) in [5.74, 6) is 1.06. The summed E-state index contributed by atoms with van der Waals surface area (Å²) in [5.41, 5.74) is 7.30. The van der Waals surface area contributed by atoms with Crippen LogP contribution in [0.2, 0.25) is 0 Å². The highest BCUT2D eigenvalue weighted by Gasteiger charge is 2.20. The minimum absolute atomic E-state index is 0.0395. The Kier molecular flexibility index (Phi) is 3.99. The van der Waals surface area contributed by atoms with Crippen LogP contribution in [0.25, 0.3) is 0 Å². The standard InChI is InChI=1S/C15H17N3OS/c1-15(2,3)11-6-4-5-7-12(11)19-14-10(13(16)20)8-9-17-18-14/h4-9H,1-3H3,(H2,16,20). The predicted molar refractivity (Wildman–Crippen MR) is 83.1 cm³/mol. The van der Waals surface area contributed by atoms with Crippen LogP contribution < -0.4 is 10.5 Å². The molecule has 5 heteroatoms. The van der Waals surface area contributed by atoms with E-state index in [1.807, 2.05) is 24.3 Å². The first-order valence-electron chi connectivity index (χ1n) is 6.28. The fourth-order valence-corrected chi connectivity index (χ4v) is 2.02. The highest BCUT2D eigenvalue weighted by Crippen LogP contribution is 2.33. The Morgan fingerprint density at radius 1 is 1.20 bits per heavy atom. The van der Waals surface area contributed by atoms with Gasteiger partial charge in [0.05, 0.1) is 11.8 Å². The van der Waals surface area contributed by atoms with Crippen LogP contribution in [0.1, 0.15) is 31.9 Å². The van der Waals surface area contributed by atoms with E-state index < -0.39 is 0 Å². The van der Waals surface area contributed by atoms with Gasteiger partial charge in [-0.2, -0.15) is 5.10 Å². The number of hydrogen-bond donors (Lipinski definition) is 1. The number of aromatic nitrogens is 2. The van der Waals surface area contributed by atoms with Crippen molar-refractivity contribution in [3.05, 3.63) is 47.7 Å². The van der Waals surface area contributed by atoms with Gasteiger partial charge in [-0.05, 0) is 17.5 Å². The van der Waals surface area contributed by atoms with Crippen molar-refractivity contribution in [2.45, 2.75) is 26.2 Å². The Morgan fingerprint density at radius 2 is 1.90 bits per heavy atom. The van der Waals surface area contributed by atoms with E-state index in [-0.39, 0.29) is 10.4 Å². The van der Waals surface area contributed by atoms with Gasteiger partial charge >= 0.3 is 0 Å². The molecule has 104 valence electrons. The van der Waals surface area contributed by atoms with Gasteiger partial charge in [0.2, 0.25) is 5.88 Å². The van der Waals surface area contributed by atoms with E-state index >= 15 is 0 Å². The maximum atomic E-state index is 5.89. The summed E-state index contributed by atoms with van der Waals surface area (Å²) >= 11 is 5.00. The van der Waals surface area contributed by atoms with E-state index in [9.17, 15) is 0 Å². The quantitative estimate of drug-likeness (QED) is 0.878. The third-order valence-corrected chi connectivity index (χ3v) is 3.07. The fraction of sp³-hybridized carbons (Fsp3) is 0.267. The Labute approximate surface area is 124 Å². The SMILES string of the molecule is CC(C)(C)c1ccccc1Oc1nnccc1C(N)=S. The van der Waals surface area contributed by atoms with Gasteiger partial charge in [0.1, 0.15) is 10.7 Å². The van der Waals surface area contributed by atoms with Crippen molar-refractivity contribution in [2.24, 2.45) is 5.73 Å². The molecule has 4 nitrogen and oxygen atoms in total. The Bertz CT molecular complexity index is 635. The minimum atomic E-state index is -0.0395. The van der Waals surface area contributed by atoms with Gasteiger partial charge in [-0.1, -0.05) is 51.2 Å². The molecular formula is C15H17N3OS. The zero-order chi connectivity index (χ0) is 14.8. The number of nitrogens with zero attached hydrogens (tertiary/aromatic N) is 2. The number of benzene rings is 1. The summed E-state index contributed by atoms with van der Waals surface area (Å²) in [7, 11) is 0. The smallest absolute Gasteiger partial charge is 0.249 e. The van der Waals surface area contributed by atoms with Crippen molar-refractivity contribution in [1.29, 1.82) is 0 Å². The van der Waals surface area contributed by atoms with Crippen LogP contribution in [0.5, 0.6) is 11.6 Å². The number of rotatable bonds is 3. The summed E-state index contributed by atoms with van der Waals surface area (Å²) in [6, 6.07) is 9.54. The lowest BCUT2D eigenvalue weighted by atomic mass is 9.86. The highest BCUT2D eigenvalue weighted by atomic mass is 32.1. The van der Waals surface area contributed by atoms with Gasteiger partial charge in [-0.25, -0.2) is 0 Å². The van der Waals surface area contributed by atoms with Gasteiger partial charge in [0.15, 0.2) is 0 Å². The third kappa shape index (κ3) is 3.11. The second-order valence-electron chi connectivity index (χ2n) is 5.46. The van der Waals surface area contributed by atoms with Gasteiger partial charge in [0, 0.05) is 5.56 Å². The average molecular weight is 287 g/mol. The van der Waals surface area contributed by atoms with E-state index in [1.165, 1.54) is 6.20 Å². The predicted octanol–water partition coefficient (Wildman–Crippen LogP) is 3.20. The molecule has 0 bridgehead atoms. The van der Waals surface area contributed by atoms with E-state index in [1.54, 1.807) is 6.07 Å². The van der Waals surface area contributed by atoms with Crippen LogP contribution in [0.4, 0.5) is 0 Å². The first-order chi connectivity index (χ1) is 9.39. The van der Waals surface area contributed by atoms with Crippen molar-refractivity contribution in [2.75, 3.05) is 0 Å². The van der Waals surface area contributed by atoms with Crippen molar-refractivity contribution in [3.63, 3.8) is 0 Å². The van der Waals surface area contributed by atoms with Crippen LogP contribution in [0.3, 0.4) is 0 Å². The summed E-state index contributed by atoms with van der Waals surface area (Å²) < 4.78 is 5.89. The van der Waals surface area contributed by atoms with Crippen molar-refractivity contribution < 1.29 is 4.74 Å². The van der Waals surface area contributed by atoms with Crippen LogP contribution in [-0.2, 0) is 5.41 Å². The number of para-hydroxylation sites is 1. The van der Waals surface area contributed by atoms with E-state index in [2.05, 4.69) is 31.0 Å². The van der Waals surface area contributed by atoms with Crippen molar-refractivity contribution >= 4 is 17.2 Å². The maximum absolute atomic E-state index is 5.89. The molecule has 2 N–H and O–H groups in total. The number of thiocarbonyl (C=S) groups is 1. The topological polar surface area (TPSA) is 61.0 Å². The normalized spacial score (nSPS) is 11.2. The Balaban J connectivity index is 2.44. The average Bonchev–Trinajstić information content (AvgIpc) is 2.38. The summed E-state index contributed by atoms with van der Waals surface area (Å²) in [4.78, 5) is 0.239. The van der Waals surface area contributed by atoms with Crippen molar-refractivity contribution in [1.82, 2.24) is 10.2 Å². The molecule has 0 spiro atoms. The molecular weight excluding hydrogens is 270 g/mol. The molecule has 1 aromatic carbocycles. The van der Waals surface area contributed by atoms with E-state index in [0.717, 1.165) is 11.3 Å². The molecule has 0 aliphatic rings. The van der Waals surface area contributed by atoms with E-state index in [4.69, 9.17) is 22.7 Å². The van der Waals surface area contributed by atoms with Crippen LogP contribution in [-0.4, -0.2) is 15.2 Å². The first kappa shape index (κ1) is 14.4. The van der Waals surface area contributed by atoms with Crippen LogP contribution in [0, 0.1) is 0 Å². The first-order valence-corrected chi connectivity index (χ1v) is 6.69. The highest BCUT2D eigenvalue weighted by molar-refractivity contribution is 7.80. The lowest BCUT2D eigenvalue weighted by Gasteiger charge is -2.22. The Hall–Kier alpha value is -2.01. The van der Waals surface area contributed by atoms with Gasteiger partial charge in [0.25, 0.3) is 0 Å². The van der Waals surface area contributed by atoms with Gasteiger partial charge in [-0.15, -0.1) is 5.10 Å². The largest absolute Gasteiger partial charge is 0.437 e. The number of ether oxygens (including phenoxy) is 1. The molecule has 0 unspecified atom stereocenters. The second-order valence-corrected chi connectivity index (χ2v) is 5.90. The Morgan fingerprint density at radius 3 is 2.55 bits per heavy atom. The lowest BCUT2D eigenvalue weighted by Crippen LogP contribution is -2.14. The lowest BCUT2D eigenvalue weighted by molar-refractivity contribution is 0.433. The fourth-order valence-electron chi connectivity index (χ4n) is 1.86. The van der Waals surface area contributed by atoms with E-state index in [0.29, 0.717) is 11.4 Å². The molecule has 20 heavy (non-hydrogen) atoms. The zero-order valence-electron chi connectivity index (χ0n) is 11.8. The monoisotopic (exact) mass is 287 g/mol. The summed E-state index contributed by atoms with van der Waals surface area (Å²) in [5, 5.41) is 7.80. The molecule has 0 saturated heterocycles. The molecule has 0 fully saturated rings. The molecule has 1 aromatic heterocycles. The molecule has 0 saturated carbocycles. The molecule has 0 aliphatic heterocycles. The third-order valence-electron chi connectivity index (χ3n) is 2.85. The number of hydrogen-bond acceptors (Lipinski definition) is 4. The summed E-state index contributed by atoms with van der Waals surface area (Å²) in [6.45, 7) is 6.38. The van der Waals surface area contributed by atoms with Crippen LogP contribution in [0.15, 0.2) is 36.5 Å². The molecule has 2 rings (SSSR count). The molecule has 0 atom stereocenters. The molecule has 0 radical (unpaired) electrons. The minimum Gasteiger partial charge on any atom is -0.437 e. The van der Waals surface area contributed by atoms with Crippen molar-refractivity contribution in [3.8, 4) is 11.6 Å². The molecule has 0 amide bonds. The second kappa shape index (κ2) is 5.54. The van der Waals surface area contributed by atoms with Gasteiger partial charge in [-0.3, -0.25) is 0 Å². The molecule has 2 aromatic rings. The summed E-state index contributed by atoms with van der Waals surface area (Å²) in [6.07, 6.45) is 1.54. The zero-order valence-corrected chi connectivity index (χ0v) is 12.6. The molecule has 0 aliphatic carbocycles. The van der Waals surface area contributed by atoms with Gasteiger partial charge < -0.3 is 10.5 Å². The number of nitrogens with two attached hydrogens (primary N) is 1. The maximum Gasteiger partial charge on any atom is 0.249 e. The van der Waals surface area contributed by atoms with Crippen LogP contribution >= 0.6 is 12.2 Å². The molecule has 1 heterocycles.